The third kappa shape index (κ3) is 4.08. The normalized spacial score (nSPS) is 22.0. The van der Waals surface area contributed by atoms with Gasteiger partial charge in [-0.05, 0) is 38.5 Å². The Labute approximate surface area is 119 Å². The maximum absolute atomic E-state index is 5.66. The Hall–Kier alpha value is -1.85. The summed E-state index contributed by atoms with van der Waals surface area (Å²) in [5, 5.41) is 0. The molecule has 2 rings (SSSR count). The predicted octanol–water partition coefficient (Wildman–Crippen LogP) is 2.22. The highest BCUT2D eigenvalue weighted by Gasteiger charge is 2.19. The number of rotatable bonds is 5. The van der Waals surface area contributed by atoms with Gasteiger partial charge in [-0.2, -0.15) is 9.97 Å². The van der Waals surface area contributed by atoms with Gasteiger partial charge in [-0.15, -0.1) is 4.98 Å². The van der Waals surface area contributed by atoms with E-state index in [9.17, 15) is 0 Å². The molecule has 2 N–H and O–H groups in total. The van der Waals surface area contributed by atoms with E-state index < -0.39 is 0 Å². The number of hydrogen-bond acceptors (Lipinski definition) is 6. The van der Waals surface area contributed by atoms with Gasteiger partial charge in [0.15, 0.2) is 0 Å². The van der Waals surface area contributed by atoms with E-state index in [0.29, 0.717) is 18.4 Å². The number of nitrogens with two attached hydrogens (primary N) is 1. The number of nitrogen functional groups attached to an aromatic ring is 1. The van der Waals surface area contributed by atoms with E-state index in [2.05, 4.69) is 34.0 Å². The lowest BCUT2D eigenvalue weighted by molar-refractivity contribution is 0.178. The Bertz CT molecular complexity index is 476. The lowest BCUT2D eigenvalue weighted by atomic mass is 9.85. The van der Waals surface area contributed by atoms with Crippen LogP contribution in [0.25, 0.3) is 0 Å². The number of allylic oxidation sites excluding steroid dienone is 2. The molecule has 2 unspecified atom stereocenters. The molecule has 20 heavy (non-hydrogen) atoms. The molecule has 0 radical (unpaired) electrons. The van der Waals surface area contributed by atoms with Crippen molar-refractivity contribution in [3.8, 4) is 12.0 Å². The van der Waals surface area contributed by atoms with Crippen molar-refractivity contribution in [1.29, 1.82) is 0 Å². The highest BCUT2D eigenvalue weighted by atomic mass is 16.5. The Morgan fingerprint density at radius 1 is 1.20 bits per heavy atom. The van der Waals surface area contributed by atoms with Crippen molar-refractivity contribution in [3.05, 3.63) is 12.2 Å². The number of nitrogens with zero attached hydrogens (tertiary/aromatic N) is 3. The zero-order valence-corrected chi connectivity index (χ0v) is 12.2. The summed E-state index contributed by atoms with van der Waals surface area (Å²) < 4.78 is 11.1. The fourth-order valence-corrected chi connectivity index (χ4v) is 2.10. The fraction of sp³-hybridized carbons (Fsp3) is 0.643. The molecule has 0 saturated carbocycles. The molecule has 0 spiro atoms. The molecule has 2 atom stereocenters. The second kappa shape index (κ2) is 6.54. The summed E-state index contributed by atoms with van der Waals surface area (Å²) in [6.45, 7) is 6.61. The van der Waals surface area contributed by atoms with E-state index in [1.807, 2.05) is 13.8 Å². The summed E-state index contributed by atoms with van der Waals surface area (Å²) in [6.07, 6.45) is 6.51. The maximum atomic E-state index is 5.66. The van der Waals surface area contributed by atoms with Crippen LogP contribution in [0.4, 0.5) is 5.95 Å². The first-order valence-corrected chi connectivity index (χ1v) is 7.00. The van der Waals surface area contributed by atoms with E-state index >= 15 is 0 Å². The minimum Gasteiger partial charge on any atom is -0.463 e. The number of ether oxygens (including phenoxy) is 2. The molecule has 6 heteroatoms. The molecule has 1 aromatic heterocycles. The van der Waals surface area contributed by atoms with Crippen molar-refractivity contribution in [2.24, 2.45) is 11.8 Å². The molecule has 0 aromatic carbocycles. The number of hydrogen-bond donors (Lipinski definition) is 1. The molecule has 1 aromatic rings. The van der Waals surface area contributed by atoms with Gasteiger partial charge in [-0.1, -0.05) is 19.1 Å². The Morgan fingerprint density at radius 2 is 1.90 bits per heavy atom. The van der Waals surface area contributed by atoms with Crippen LogP contribution in [-0.2, 0) is 0 Å². The first kappa shape index (κ1) is 14.6. The predicted molar refractivity (Wildman–Crippen MR) is 76.5 cm³/mol. The van der Waals surface area contributed by atoms with E-state index in [1.54, 1.807) is 0 Å². The summed E-state index contributed by atoms with van der Waals surface area (Å²) in [5.41, 5.74) is 5.64. The van der Waals surface area contributed by atoms with Crippen LogP contribution in [0.1, 0.15) is 33.6 Å². The lowest BCUT2D eigenvalue weighted by Crippen LogP contribution is -2.22. The zero-order valence-electron chi connectivity index (χ0n) is 12.2. The van der Waals surface area contributed by atoms with Crippen LogP contribution in [0, 0.1) is 11.8 Å². The second-order valence-corrected chi connectivity index (χ2v) is 5.42. The van der Waals surface area contributed by atoms with Crippen molar-refractivity contribution in [2.45, 2.75) is 39.7 Å². The molecule has 0 saturated heterocycles. The van der Waals surface area contributed by atoms with E-state index in [4.69, 9.17) is 15.2 Å². The second-order valence-electron chi connectivity index (χ2n) is 5.42. The summed E-state index contributed by atoms with van der Waals surface area (Å²) in [6, 6.07) is 0.439. The SMILES string of the molecule is CC(C)Oc1nc(N)nc(OCC2CC=CCC2C)n1. The van der Waals surface area contributed by atoms with Gasteiger partial charge in [-0.25, -0.2) is 0 Å². The molecular formula is C14H22N4O2. The molecule has 0 fully saturated rings. The Kier molecular flexibility index (Phi) is 4.76. The Morgan fingerprint density at radius 3 is 2.60 bits per heavy atom. The van der Waals surface area contributed by atoms with Crippen molar-refractivity contribution in [2.75, 3.05) is 12.3 Å². The van der Waals surface area contributed by atoms with Gasteiger partial charge in [0.2, 0.25) is 5.95 Å². The first-order chi connectivity index (χ1) is 9.54. The lowest BCUT2D eigenvalue weighted by Gasteiger charge is -2.24. The van der Waals surface area contributed by atoms with Crippen molar-refractivity contribution >= 4 is 5.95 Å². The molecule has 1 heterocycles. The molecular weight excluding hydrogens is 256 g/mol. The van der Waals surface area contributed by atoms with Gasteiger partial charge in [0.1, 0.15) is 0 Å². The van der Waals surface area contributed by atoms with Crippen LogP contribution < -0.4 is 15.2 Å². The summed E-state index contributed by atoms with van der Waals surface area (Å²) in [5.74, 6) is 1.19. The highest BCUT2D eigenvalue weighted by molar-refractivity contribution is 5.20. The topological polar surface area (TPSA) is 83.2 Å². The molecule has 6 nitrogen and oxygen atoms in total. The smallest absolute Gasteiger partial charge is 0.324 e. The van der Waals surface area contributed by atoms with Crippen LogP contribution in [0.15, 0.2) is 12.2 Å². The highest BCUT2D eigenvalue weighted by Crippen LogP contribution is 2.25. The van der Waals surface area contributed by atoms with E-state index in [-0.39, 0.29) is 24.1 Å². The van der Waals surface area contributed by atoms with Crippen LogP contribution in [0.5, 0.6) is 12.0 Å². The molecule has 1 aliphatic carbocycles. The molecule has 0 aliphatic heterocycles. The van der Waals surface area contributed by atoms with Gasteiger partial charge < -0.3 is 15.2 Å². The minimum atomic E-state index is -0.0202. The molecule has 0 bridgehead atoms. The van der Waals surface area contributed by atoms with Crippen LogP contribution >= 0.6 is 0 Å². The van der Waals surface area contributed by atoms with E-state index in [0.717, 1.165) is 12.8 Å². The monoisotopic (exact) mass is 278 g/mol. The molecule has 110 valence electrons. The van der Waals surface area contributed by atoms with Crippen LogP contribution in [-0.4, -0.2) is 27.7 Å². The number of anilines is 1. The van der Waals surface area contributed by atoms with Gasteiger partial charge in [0, 0.05) is 0 Å². The quantitative estimate of drug-likeness (QED) is 0.831. The van der Waals surface area contributed by atoms with Gasteiger partial charge in [0.05, 0.1) is 12.7 Å². The summed E-state index contributed by atoms with van der Waals surface area (Å²) in [7, 11) is 0. The number of aromatic nitrogens is 3. The zero-order chi connectivity index (χ0) is 14.5. The summed E-state index contributed by atoms with van der Waals surface area (Å²) >= 11 is 0. The summed E-state index contributed by atoms with van der Waals surface area (Å²) in [4.78, 5) is 12.0. The third-order valence-corrected chi connectivity index (χ3v) is 3.30. The van der Waals surface area contributed by atoms with E-state index in [1.165, 1.54) is 0 Å². The van der Waals surface area contributed by atoms with Crippen LogP contribution in [0.3, 0.4) is 0 Å². The van der Waals surface area contributed by atoms with Crippen molar-refractivity contribution in [1.82, 2.24) is 15.0 Å². The van der Waals surface area contributed by atoms with Gasteiger partial charge in [-0.3, -0.25) is 0 Å². The van der Waals surface area contributed by atoms with Crippen molar-refractivity contribution < 1.29 is 9.47 Å². The fourth-order valence-electron chi connectivity index (χ4n) is 2.10. The molecule has 1 aliphatic rings. The Balaban J connectivity index is 1.98. The average Bonchev–Trinajstić information content (AvgIpc) is 2.36. The third-order valence-electron chi connectivity index (χ3n) is 3.30. The van der Waals surface area contributed by atoms with Gasteiger partial charge >= 0.3 is 12.0 Å². The molecule has 0 amide bonds. The minimum absolute atomic E-state index is 0.0202. The average molecular weight is 278 g/mol. The maximum Gasteiger partial charge on any atom is 0.324 e. The van der Waals surface area contributed by atoms with Crippen molar-refractivity contribution in [3.63, 3.8) is 0 Å². The first-order valence-electron chi connectivity index (χ1n) is 7.00. The van der Waals surface area contributed by atoms with Crippen LogP contribution in [0.2, 0.25) is 0 Å². The van der Waals surface area contributed by atoms with Gasteiger partial charge in [0.25, 0.3) is 0 Å². The standard InChI is InChI=1S/C14H22N4O2/c1-9(2)20-14-17-12(15)16-13(18-14)19-8-11-7-5-4-6-10(11)3/h4-5,9-11H,6-8H2,1-3H3,(H2,15,16,17,18). The largest absolute Gasteiger partial charge is 0.463 e.